The molecule has 3 saturated carbocycles. The molecule has 1 N–H and O–H groups in total. The van der Waals surface area contributed by atoms with Crippen molar-refractivity contribution >= 4 is 11.9 Å². The van der Waals surface area contributed by atoms with Crippen LogP contribution in [0.5, 0.6) is 0 Å². The van der Waals surface area contributed by atoms with Gasteiger partial charge in [-0.25, -0.2) is 9.59 Å². The molecule has 3 aliphatic rings. The first-order valence-electron chi connectivity index (χ1n) is 20.0. The van der Waals surface area contributed by atoms with Gasteiger partial charge < -0.3 is 14.6 Å². The van der Waals surface area contributed by atoms with E-state index >= 15 is 0 Å². The fraction of sp³-hybridized carbons (Fsp3) is 0.727. The predicted octanol–water partition coefficient (Wildman–Crippen LogP) is 11.0. The van der Waals surface area contributed by atoms with Gasteiger partial charge in [0.05, 0.1) is 24.4 Å². The molecule has 0 saturated heterocycles. The van der Waals surface area contributed by atoms with Crippen molar-refractivity contribution in [2.45, 2.75) is 161 Å². The van der Waals surface area contributed by atoms with Gasteiger partial charge in [-0.3, -0.25) is 0 Å². The summed E-state index contributed by atoms with van der Waals surface area (Å²) < 4.78 is 11.0. The molecule has 49 heavy (non-hydrogen) atoms. The first kappa shape index (κ1) is 39.4. The van der Waals surface area contributed by atoms with Crippen LogP contribution in [-0.4, -0.2) is 35.9 Å². The van der Waals surface area contributed by atoms with E-state index in [2.05, 4.69) is 44.3 Å². The van der Waals surface area contributed by atoms with Gasteiger partial charge in [-0.15, -0.1) is 0 Å². The summed E-state index contributed by atoms with van der Waals surface area (Å²) in [6.45, 7) is 14.7. The highest BCUT2D eigenvalue weighted by atomic mass is 16.5. The van der Waals surface area contributed by atoms with Crippen molar-refractivity contribution in [3.05, 3.63) is 59.7 Å². The third-order valence-corrected chi connectivity index (χ3v) is 12.5. The second-order valence-corrected chi connectivity index (χ2v) is 16.7. The second kappa shape index (κ2) is 19.3. The molecule has 0 amide bonds. The lowest BCUT2D eigenvalue weighted by Gasteiger charge is -2.38. The minimum absolute atomic E-state index is 0.0242. The highest BCUT2D eigenvalue weighted by Crippen LogP contribution is 2.45. The van der Waals surface area contributed by atoms with E-state index in [1.165, 1.54) is 117 Å². The van der Waals surface area contributed by atoms with E-state index in [9.17, 15) is 14.7 Å². The number of unbranched alkanes of at least 4 members (excludes halogenated alkanes) is 2. The summed E-state index contributed by atoms with van der Waals surface area (Å²) in [7, 11) is 0. The Bertz CT molecular complexity index is 1180. The zero-order valence-corrected chi connectivity index (χ0v) is 31.5. The van der Waals surface area contributed by atoms with E-state index in [1.807, 2.05) is 0 Å². The molecule has 274 valence electrons. The molecule has 1 aromatic carbocycles. The van der Waals surface area contributed by atoms with Gasteiger partial charge in [-0.2, -0.15) is 0 Å². The van der Waals surface area contributed by atoms with Crippen LogP contribution in [0.3, 0.4) is 0 Å². The Morgan fingerprint density at radius 1 is 0.735 bits per heavy atom. The molecule has 1 unspecified atom stereocenters. The monoisotopic (exact) mass is 677 g/mol. The number of hydrogen-bond donors (Lipinski definition) is 1. The van der Waals surface area contributed by atoms with Crippen LogP contribution < -0.4 is 0 Å². The molecular weight excluding hydrogens is 608 g/mol. The van der Waals surface area contributed by atoms with Crippen molar-refractivity contribution in [3.8, 4) is 0 Å². The van der Waals surface area contributed by atoms with Crippen molar-refractivity contribution < 1.29 is 24.2 Å². The van der Waals surface area contributed by atoms with E-state index < -0.39 is 17.5 Å². The van der Waals surface area contributed by atoms with Gasteiger partial charge in [-0.1, -0.05) is 82.9 Å². The van der Waals surface area contributed by atoms with Gasteiger partial charge in [0.15, 0.2) is 0 Å². The number of hydrogen-bond acceptors (Lipinski definition) is 5. The van der Waals surface area contributed by atoms with Crippen LogP contribution in [0.1, 0.15) is 166 Å². The lowest BCUT2D eigenvalue weighted by Crippen LogP contribution is -2.30. The zero-order chi connectivity index (χ0) is 35.4. The summed E-state index contributed by atoms with van der Waals surface area (Å²) in [6.07, 6.45) is 23.6. The fourth-order valence-electron chi connectivity index (χ4n) is 8.91. The molecule has 5 nitrogen and oxygen atoms in total. The first-order valence-corrected chi connectivity index (χ1v) is 20.0. The zero-order valence-electron chi connectivity index (χ0n) is 31.5. The lowest BCUT2D eigenvalue weighted by atomic mass is 9.67. The largest absolute Gasteiger partial charge is 0.462 e. The van der Waals surface area contributed by atoms with Crippen molar-refractivity contribution in [2.24, 2.45) is 29.6 Å². The van der Waals surface area contributed by atoms with Crippen LogP contribution in [0.2, 0.25) is 0 Å². The Kier molecular flexibility index (Phi) is 15.5. The van der Waals surface area contributed by atoms with Gasteiger partial charge in [0.2, 0.25) is 0 Å². The molecule has 4 rings (SSSR count). The molecule has 1 atom stereocenters. The Morgan fingerprint density at radius 3 is 1.67 bits per heavy atom. The maximum Gasteiger partial charge on any atom is 0.336 e. The maximum atomic E-state index is 12.4. The Balaban J connectivity index is 1.16. The maximum absolute atomic E-state index is 12.4. The van der Waals surface area contributed by atoms with Crippen LogP contribution in [0, 0.1) is 29.6 Å². The summed E-state index contributed by atoms with van der Waals surface area (Å²) in [4.78, 5) is 24.5. The fourth-order valence-corrected chi connectivity index (χ4v) is 8.91. The summed E-state index contributed by atoms with van der Waals surface area (Å²) in [6, 6.07) is 9.87. The molecule has 3 fully saturated rings. The molecule has 3 aliphatic carbocycles. The quantitative estimate of drug-likeness (QED) is 0.101. The van der Waals surface area contributed by atoms with E-state index in [-0.39, 0.29) is 24.7 Å². The average molecular weight is 677 g/mol. The van der Waals surface area contributed by atoms with Crippen LogP contribution >= 0.6 is 0 Å². The number of carbonyl (C=O) groups is 2. The summed E-state index contributed by atoms with van der Waals surface area (Å²) >= 11 is 0. The van der Waals surface area contributed by atoms with Crippen molar-refractivity contribution in [2.75, 3.05) is 13.2 Å². The summed E-state index contributed by atoms with van der Waals surface area (Å²) in [5, 5.41) is 10.1. The number of esters is 2. The molecule has 0 radical (unpaired) electrons. The first-order chi connectivity index (χ1) is 23.4. The van der Waals surface area contributed by atoms with Crippen LogP contribution in [0.15, 0.2) is 48.6 Å². The highest BCUT2D eigenvalue weighted by Gasteiger charge is 2.32. The summed E-state index contributed by atoms with van der Waals surface area (Å²) in [5.74, 6) is 3.70. The van der Waals surface area contributed by atoms with Gasteiger partial charge in [-0.05, 0) is 144 Å². The normalized spacial score (nSPS) is 26.8. The molecule has 0 heterocycles. The van der Waals surface area contributed by atoms with E-state index in [1.54, 1.807) is 18.1 Å². The predicted molar refractivity (Wildman–Crippen MR) is 200 cm³/mol. The molecule has 0 spiro atoms. The van der Waals surface area contributed by atoms with Crippen molar-refractivity contribution in [3.63, 3.8) is 0 Å². The van der Waals surface area contributed by atoms with E-state index in [0.29, 0.717) is 11.5 Å². The minimum atomic E-state index is -1.34. The minimum Gasteiger partial charge on any atom is -0.462 e. The molecule has 1 aromatic rings. The third kappa shape index (κ3) is 12.4. The van der Waals surface area contributed by atoms with Crippen molar-refractivity contribution in [1.82, 2.24) is 0 Å². The number of aliphatic hydroxyl groups is 1. The standard InChI is InChI=1S/C44H68O5/c1-7-8-9-10-33-13-17-36(18-14-33)38-21-25-40(26-22-38)41-27-23-39(24-28-41)37-19-15-34(16-20-37)11-12-35(29-48-42(45)31(2)3)30-49-43(46)32(4)44(5,6)47/h21-22,25-26,33-37,39,41,47H,2,4,7-20,23-24,27-30H2,1,3,5-6H3. The van der Waals surface area contributed by atoms with Gasteiger partial charge >= 0.3 is 11.9 Å². The van der Waals surface area contributed by atoms with E-state index in [4.69, 9.17) is 9.47 Å². The molecule has 0 bridgehead atoms. The Labute approximate surface area is 298 Å². The van der Waals surface area contributed by atoms with Crippen LogP contribution in [0.25, 0.3) is 0 Å². The smallest absolute Gasteiger partial charge is 0.336 e. The van der Waals surface area contributed by atoms with Gasteiger partial charge in [0.25, 0.3) is 0 Å². The van der Waals surface area contributed by atoms with Crippen LogP contribution in [0.4, 0.5) is 0 Å². The molecule has 0 aromatic heterocycles. The Hall–Kier alpha value is -2.40. The molecule has 5 heteroatoms. The SMILES string of the molecule is C=C(C)C(=O)OCC(CCC1CCC(C2CCC(c3ccc(C4CCC(CCCCC)CC4)cc3)CC2)CC1)COC(=O)C(=C)C(C)(C)O. The lowest BCUT2D eigenvalue weighted by molar-refractivity contribution is -0.145. The number of benzene rings is 1. The number of carbonyl (C=O) groups excluding carboxylic acids is 2. The van der Waals surface area contributed by atoms with E-state index in [0.717, 1.165) is 42.4 Å². The second-order valence-electron chi connectivity index (χ2n) is 16.7. The van der Waals surface area contributed by atoms with Crippen LogP contribution in [-0.2, 0) is 19.1 Å². The van der Waals surface area contributed by atoms with Crippen molar-refractivity contribution in [1.29, 1.82) is 0 Å². The van der Waals surface area contributed by atoms with Gasteiger partial charge in [0, 0.05) is 11.5 Å². The summed E-state index contributed by atoms with van der Waals surface area (Å²) in [5.41, 5.74) is 2.19. The molecular formula is C44H68O5. The highest BCUT2D eigenvalue weighted by molar-refractivity contribution is 5.89. The number of ether oxygens (including phenoxy) is 2. The van der Waals surface area contributed by atoms with Gasteiger partial charge in [0.1, 0.15) is 0 Å². The number of rotatable bonds is 17. The third-order valence-electron chi connectivity index (χ3n) is 12.5. The Morgan fingerprint density at radius 2 is 1.18 bits per heavy atom. The average Bonchev–Trinajstić information content (AvgIpc) is 3.11. The molecule has 0 aliphatic heterocycles. The topological polar surface area (TPSA) is 72.8 Å².